The third-order valence-electron chi connectivity index (χ3n) is 3.24. The normalized spacial score (nSPS) is 12.2. The van der Waals surface area contributed by atoms with E-state index >= 15 is 0 Å². The smallest absolute Gasteiger partial charge is 0.273 e. The first-order valence-electron chi connectivity index (χ1n) is 7.47. The molecule has 0 aromatic heterocycles. The van der Waals surface area contributed by atoms with Gasteiger partial charge in [-0.05, 0) is 30.9 Å². The summed E-state index contributed by atoms with van der Waals surface area (Å²) in [6.45, 7) is 12.1. The lowest BCUT2D eigenvalue weighted by Crippen LogP contribution is -2.21. The van der Waals surface area contributed by atoms with Crippen molar-refractivity contribution in [1.82, 2.24) is 5.32 Å². The minimum absolute atomic E-state index is 0.150. The van der Waals surface area contributed by atoms with Crippen molar-refractivity contribution in [3.8, 4) is 0 Å². The van der Waals surface area contributed by atoms with E-state index in [0.29, 0.717) is 5.92 Å². The monoisotopic (exact) mass is 290 g/mol. The van der Waals surface area contributed by atoms with Gasteiger partial charge in [0.1, 0.15) is 0 Å². The zero-order valence-electron chi connectivity index (χ0n) is 13.6. The van der Waals surface area contributed by atoms with Crippen LogP contribution >= 0.6 is 0 Å². The predicted molar refractivity (Wildman–Crippen MR) is 88.5 cm³/mol. The van der Waals surface area contributed by atoms with Crippen molar-refractivity contribution in [2.75, 3.05) is 13.1 Å². The fraction of sp³-hybridized carbons (Fsp3) is 0.529. The quantitative estimate of drug-likeness (QED) is 0.599. The van der Waals surface area contributed by atoms with Gasteiger partial charge in [-0.15, -0.1) is 0 Å². The number of hydrogen-bond acceptors (Lipinski definition) is 3. The summed E-state index contributed by atoms with van der Waals surface area (Å²) >= 11 is 0. The molecule has 21 heavy (non-hydrogen) atoms. The largest absolute Gasteiger partial charge is 0.313 e. The van der Waals surface area contributed by atoms with E-state index in [2.05, 4.69) is 19.2 Å². The standard InChI is InChI=1S/C17H26N2O2/c1-12(2)10-18-11-14(5)8-15-6-7-16(13(3)4)17(9-15)19(20)21/h6-9,12-13,18H,10-11H2,1-5H3. The van der Waals surface area contributed by atoms with E-state index in [9.17, 15) is 10.1 Å². The molecule has 1 aromatic rings. The van der Waals surface area contributed by atoms with Crippen LogP contribution in [0.15, 0.2) is 23.8 Å². The summed E-state index contributed by atoms with van der Waals surface area (Å²) in [5, 5.41) is 14.6. The van der Waals surface area contributed by atoms with Crippen molar-refractivity contribution in [1.29, 1.82) is 0 Å². The van der Waals surface area contributed by atoms with Crippen molar-refractivity contribution < 1.29 is 4.92 Å². The molecular formula is C17H26N2O2. The second kappa shape index (κ2) is 7.93. The third-order valence-corrected chi connectivity index (χ3v) is 3.24. The van der Waals surface area contributed by atoms with Gasteiger partial charge >= 0.3 is 0 Å². The van der Waals surface area contributed by atoms with Crippen LogP contribution in [0.1, 0.15) is 51.7 Å². The second-order valence-corrected chi connectivity index (χ2v) is 6.25. The minimum atomic E-state index is -0.293. The minimum Gasteiger partial charge on any atom is -0.313 e. The Labute approximate surface area is 127 Å². The van der Waals surface area contributed by atoms with Gasteiger partial charge in [0.25, 0.3) is 5.69 Å². The highest BCUT2D eigenvalue weighted by atomic mass is 16.6. The zero-order chi connectivity index (χ0) is 16.0. The Morgan fingerprint density at radius 1 is 1.33 bits per heavy atom. The number of nitrogens with one attached hydrogen (secondary N) is 1. The molecule has 1 N–H and O–H groups in total. The van der Waals surface area contributed by atoms with E-state index in [1.807, 2.05) is 39.0 Å². The molecule has 0 atom stereocenters. The summed E-state index contributed by atoms with van der Waals surface area (Å²) < 4.78 is 0. The lowest BCUT2D eigenvalue weighted by molar-refractivity contribution is -0.385. The third kappa shape index (κ3) is 5.68. The van der Waals surface area contributed by atoms with Crippen LogP contribution < -0.4 is 5.32 Å². The highest BCUT2D eigenvalue weighted by molar-refractivity contribution is 5.58. The fourth-order valence-electron chi connectivity index (χ4n) is 2.19. The summed E-state index contributed by atoms with van der Waals surface area (Å²) in [7, 11) is 0. The lowest BCUT2D eigenvalue weighted by atomic mass is 9.98. The topological polar surface area (TPSA) is 55.2 Å². The van der Waals surface area contributed by atoms with Gasteiger partial charge in [0, 0.05) is 18.2 Å². The Morgan fingerprint density at radius 3 is 2.52 bits per heavy atom. The summed E-state index contributed by atoms with van der Waals surface area (Å²) in [4.78, 5) is 10.9. The Hall–Kier alpha value is -1.68. The van der Waals surface area contributed by atoms with Crippen LogP contribution in [0.2, 0.25) is 0 Å². The van der Waals surface area contributed by atoms with Crippen molar-refractivity contribution in [3.05, 3.63) is 45.0 Å². The molecule has 0 aliphatic carbocycles. The predicted octanol–water partition coefficient (Wildman–Crippen LogP) is 4.37. The average Bonchev–Trinajstić information content (AvgIpc) is 2.37. The van der Waals surface area contributed by atoms with Crippen molar-refractivity contribution >= 4 is 11.8 Å². The van der Waals surface area contributed by atoms with Crippen molar-refractivity contribution in [2.45, 2.75) is 40.5 Å². The van der Waals surface area contributed by atoms with E-state index in [-0.39, 0.29) is 16.5 Å². The van der Waals surface area contributed by atoms with Gasteiger partial charge in [-0.2, -0.15) is 0 Å². The number of nitro benzene ring substituents is 1. The van der Waals surface area contributed by atoms with Crippen LogP contribution in [-0.4, -0.2) is 18.0 Å². The number of nitrogens with zero attached hydrogens (tertiary/aromatic N) is 1. The maximum atomic E-state index is 11.2. The highest BCUT2D eigenvalue weighted by Crippen LogP contribution is 2.27. The van der Waals surface area contributed by atoms with Gasteiger partial charge < -0.3 is 5.32 Å². The summed E-state index contributed by atoms with van der Waals surface area (Å²) in [5.74, 6) is 0.765. The van der Waals surface area contributed by atoms with Crippen LogP contribution in [0, 0.1) is 16.0 Å². The summed E-state index contributed by atoms with van der Waals surface area (Å²) in [5.41, 5.74) is 3.05. The lowest BCUT2D eigenvalue weighted by Gasteiger charge is -2.09. The molecule has 0 bridgehead atoms. The van der Waals surface area contributed by atoms with Crippen molar-refractivity contribution in [3.63, 3.8) is 0 Å². The summed E-state index contributed by atoms with van der Waals surface area (Å²) in [6, 6.07) is 5.49. The van der Waals surface area contributed by atoms with Crippen LogP contribution in [0.5, 0.6) is 0 Å². The number of hydrogen-bond donors (Lipinski definition) is 1. The first kappa shape index (κ1) is 17.4. The van der Waals surface area contributed by atoms with Gasteiger partial charge in [-0.3, -0.25) is 10.1 Å². The molecule has 0 radical (unpaired) electrons. The fourth-order valence-corrected chi connectivity index (χ4v) is 2.19. The summed E-state index contributed by atoms with van der Waals surface area (Å²) in [6.07, 6.45) is 2.00. The van der Waals surface area contributed by atoms with Gasteiger partial charge in [0.2, 0.25) is 0 Å². The van der Waals surface area contributed by atoms with Crippen molar-refractivity contribution in [2.24, 2.45) is 5.92 Å². The molecule has 0 aliphatic heterocycles. The number of nitro groups is 1. The molecule has 0 amide bonds. The molecule has 116 valence electrons. The van der Waals surface area contributed by atoms with E-state index < -0.39 is 0 Å². The first-order valence-corrected chi connectivity index (χ1v) is 7.47. The molecule has 1 aromatic carbocycles. The number of benzene rings is 1. The highest BCUT2D eigenvalue weighted by Gasteiger charge is 2.16. The van der Waals surface area contributed by atoms with E-state index in [4.69, 9.17) is 0 Å². The Bertz CT molecular complexity index is 520. The van der Waals surface area contributed by atoms with Crippen LogP contribution in [0.4, 0.5) is 5.69 Å². The number of rotatable bonds is 7. The maximum absolute atomic E-state index is 11.2. The SMILES string of the molecule is CC(=Cc1ccc(C(C)C)c([N+](=O)[O-])c1)CNCC(C)C. The Balaban J connectivity index is 2.89. The maximum Gasteiger partial charge on any atom is 0.273 e. The van der Waals surface area contributed by atoms with Crippen LogP contribution in [0.3, 0.4) is 0 Å². The van der Waals surface area contributed by atoms with Crippen LogP contribution in [0.25, 0.3) is 6.08 Å². The molecule has 0 unspecified atom stereocenters. The molecule has 0 heterocycles. The molecule has 0 saturated carbocycles. The molecule has 4 nitrogen and oxygen atoms in total. The Kier molecular flexibility index (Phi) is 6.56. The van der Waals surface area contributed by atoms with E-state index in [0.717, 1.165) is 24.2 Å². The van der Waals surface area contributed by atoms with Crippen LogP contribution in [-0.2, 0) is 0 Å². The molecule has 0 aliphatic rings. The zero-order valence-corrected chi connectivity index (χ0v) is 13.6. The molecule has 0 saturated heterocycles. The molecule has 4 heteroatoms. The first-order chi connectivity index (χ1) is 9.81. The van der Waals surface area contributed by atoms with Gasteiger partial charge in [-0.1, -0.05) is 51.5 Å². The Morgan fingerprint density at radius 2 is 2.00 bits per heavy atom. The molecule has 0 spiro atoms. The average molecular weight is 290 g/mol. The molecule has 0 fully saturated rings. The molecule has 1 rings (SSSR count). The van der Waals surface area contributed by atoms with Gasteiger partial charge in [0.15, 0.2) is 0 Å². The van der Waals surface area contributed by atoms with E-state index in [1.165, 1.54) is 5.57 Å². The second-order valence-electron chi connectivity index (χ2n) is 6.25. The molecular weight excluding hydrogens is 264 g/mol. The van der Waals surface area contributed by atoms with Gasteiger partial charge in [0.05, 0.1) is 4.92 Å². The van der Waals surface area contributed by atoms with Gasteiger partial charge in [-0.25, -0.2) is 0 Å². The van der Waals surface area contributed by atoms with E-state index in [1.54, 1.807) is 6.07 Å².